The van der Waals surface area contributed by atoms with Crippen LogP contribution in [0.25, 0.3) is 0 Å². The minimum Gasteiger partial charge on any atom is -0.349 e. The highest BCUT2D eigenvalue weighted by molar-refractivity contribution is 7.07. The molecule has 0 radical (unpaired) electrons. The zero-order valence-electron chi connectivity index (χ0n) is 14.6. The van der Waals surface area contributed by atoms with Gasteiger partial charge in [0.1, 0.15) is 0 Å². The van der Waals surface area contributed by atoms with Crippen molar-refractivity contribution in [1.29, 1.82) is 0 Å². The van der Waals surface area contributed by atoms with E-state index in [0.29, 0.717) is 17.2 Å². The molecule has 2 heterocycles. The number of carbonyl (C=O) groups excluding carboxylic acids is 1. The molecule has 2 aliphatic rings. The second-order valence-electron chi connectivity index (χ2n) is 7.84. The first-order valence-electron chi connectivity index (χ1n) is 9.00. The first-order chi connectivity index (χ1) is 11.1. The molecule has 0 aromatic carbocycles. The third-order valence-electron chi connectivity index (χ3n) is 6.03. The summed E-state index contributed by atoms with van der Waals surface area (Å²) < 4.78 is 0. The van der Waals surface area contributed by atoms with E-state index >= 15 is 0 Å². The maximum absolute atomic E-state index is 11.9. The molecule has 1 aromatic rings. The molecule has 1 spiro atoms. The SMILES string of the molecule is CN(C)C(=O)CC1CCC2(CC1)CCN(Cc1ccsc1)CC2. The van der Waals surface area contributed by atoms with Gasteiger partial charge in [-0.3, -0.25) is 9.69 Å². The van der Waals surface area contributed by atoms with Crippen LogP contribution in [0.1, 0.15) is 50.5 Å². The van der Waals surface area contributed by atoms with Gasteiger partial charge >= 0.3 is 0 Å². The molecule has 2 fully saturated rings. The molecule has 1 aromatic heterocycles. The molecule has 1 saturated heterocycles. The first-order valence-corrected chi connectivity index (χ1v) is 9.94. The molecule has 0 bridgehead atoms. The molecule has 0 atom stereocenters. The van der Waals surface area contributed by atoms with Crippen LogP contribution >= 0.6 is 11.3 Å². The molecule has 1 saturated carbocycles. The predicted octanol–water partition coefficient (Wildman–Crippen LogP) is 4.00. The van der Waals surface area contributed by atoms with E-state index in [1.807, 2.05) is 14.1 Å². The summed E-state index contributed by atoms with van der Waals surface area (Å²) in [6, 6.07) is 2.25. The minimum absolute atomic E-state index is 0.302. The van der Waals surface area contributed by atoms with Gasteiger partial charge in [0.25, 0.3) is 0 Å². The molecular formula is C19H30N2OS. The number of amides is 1. The number of hydrogen-bond donors (Lipinski definition) is 0. The van der Waals surface area contributed by atoms with Gasteiger partial charge in [0.05, 0.1) is 0 Å². The van der Waals surface area contributed by atoms with E-state index in [9.17, 15) is 4.79 Å². The topological polar surface area (TPSA) is 23.6 Å². The lowest BCUT2D eigenvalue weighted by molar-refractivity contribution is -0.130. The summed E-state index contributed by atoms with van der Waals surface area (Å²) in [5.41, 5.74) is 2.06. The average Bonchev–Trinajstić information content (AvgIpc) is 3.05. The Morgan fingerprint density at radius 1 is 1.26 bits per heavy atom. The molecule has 1 amide bonds. The van der Waals surface area contributed by atoms with E-state index in [1.165, 1.54) is 57.2 Å². The summed E-state index contributed by atoms with van der Waals surface area (Å²) in [7, 11) is 3.74. The lowest BCUT2D eigenvalue weighted by atomic mass is 9.65. The van der Waals surface area contributed by atoms with Crippen molar-refractivity contribution in [2.45, 2.75) is 51.5 Å². The number of nitrogens with zero attached hydrogens (tertiary/aromatic N) is 2. The van der Waals surface area contributed by atoms with Crippen LogP contribution in [0.2, 0.25) is 0 Å². The van der Waals surface area contributed by atoms with Crippen LogP contribution in [0.15, 0.2) is 16.8 Å². The van der Waals surface area contributed by atoms with Crippen molar-refractivity contribution in [3.63, 3.8) is 0 Å². The van der Waals surface area contributed by atoms with Crippen LogP contribution in [-0.4, -0.2) is 42.9 Å². The van der Waals surface area contributed by atoms with Crippen LogP contribution in [0.5, 0.6) is 0 Å². The van der Waals surface area contributed by atoms with Gasteiger partial charge in [-0.15, -0.1) is 0 Å². The smallest absolute Gasteiger partial charge is 0.222 e. The molecule has 1 aliphatic carbocycles. The fraction of sp³-hybridized carbons (Fsp3) is 0.737. The van der Waals surface area contributed by atoms with Gasteiger partial charge in [0.15, 0.2) is 0 Å². The molecular weight excluding hydrogens is 304 g/mol. The number of hydrogen-bond acceptors (Lipinski definition) is 3. The van der Waals surface area contributed by atoms with E-state index in [2.05, 4.69) is 21.7 Å². The molecule has 1 aliphatic heterocycles. The summed E-state index contributed by atoms with van der Waals surface area (Å²) in [5, 5.41) is 4.45. The zero-order valence-corrected chi connectivity index (χ0v) is 15.4. The summed E-state index contributed by atoms with van der Waals surface area (Å²) in [6.07, 6.45) is 8.65. The highest BCUT2D eigenvalue weighted by atomic mass is 32.1. The van der Waals surface area contributed by atoms with E-state index in [4.69, 9.17) is 0 Å². The normalized spacial score (nSPS) is 22.3. The fourth-order valence-corrected chi connectivity index (χ4v) is 4.91. The van der Waals surface area contributed by atoms with Crippen LogP contribution < -0.4 is 0 Å². The fourth-order valence-electron chi connectivity index (χ4n) is 4.25. The molecule has 0 N–H and O–H groups in total. The molecule has 0 unspecified atom stereocenters. The lowest BCUT2D eigenvalue weighted by Crippen LogP contribution is -2.41. The highest BCUT2D eigenvalue weighted by Crippen LogP contribution is 2.47. The van der Waals surface area contributed by atoms with Gasteiger partial charge in [-0.25, -0.2) is 0 Å². The average molecular weight is 335 g/mol. The van der Waals surface area contributed by atoms with Gasteiger partial charge in [-0.05, 0) is 85.3 Å². The van der Waals surface area contributed by atoms with Crippen LogP contribution in [0, 0.1) is 11.3 Å². The Morgan fingerprint density at radius 2 is 1.96 bits per heavy atom. The van der Waals surface area contributed by atoms with Crippen molar-refractivity contribution in [2.75, 3.05) is 27.2 Å². The van der Waals surface area contributed by atoms with E-state index < -0.39 is 0 Å². The van der Waals surface area contributed by atoms with Crippen molar-refractivity contribution in [3.05, 3.63) is 22.4 Å². The largest absolute Gasteiger partial charge is 0.349 e. The third-order valence-corrected chi connectivity index (χ3v) is 6.76. The van der Waals surface area contributed by atoms with Crippen molar-refractivity contribution in [3.8, 4) is 0 Å². The van der Waals surface area contributed by atoms with Crippen molar-refractivity contribution < 1.29 is 4.79 Å². The quantitative estimate of drug-likeness (QED) is 0.831. The number of likely N-dealkylation sites (tertiary alicyclic amines) is 1. The Balaban J connectivity index is 1.44. The Bertz CT molecular complexity index is 493. The second kappa shape index (κ2) is 7.35. The van der Waals surface area contributed by atoms with E-state index in [1.54, 1.807) is 16.2 Å². The molecule has 4 heteroatoms. The van der Waals surface area contributed by atoms with E-state index in [0.717, 1.165) is 13.0 Å². The minimum atomic E-state index is 0.302. The van der Waals surface area contributed by atoms with E-state index in [-0.39, 0.29) is 0 Å². The van der Waals surface area contributed by atoms with Crippen LogP contribution in [-0.2, 0) is 11.3 Å². The van der Waals surface area contributed by atoms with Gasteiger partial charge in [0.2, 0.25) is 5.91 Å². The first kappa shape index (κ1) is 17.0. The maximum Gasteiger partial charge on any atom is 0.222 e. The van der Waals surface area contributed by atoms with Gasteiger partial charge in [0, 0.05) is 27.1 Å². The number of carbonyl (C=O) groups is 1. The number of piperidine rings is 1. The predicted molar refractivity (Wildman–Crippen MR) is 96.5 cm³/mol. The number of rotatable bonds is 4. The summed E-state index contributed by atoms with van der Waals surface area (Å²) in [5.74, 6) is 0.927. The summed E-state index contributed by atoms with van der Waals surface area (Å²) in [4.78, 5) is 16.3. The summed E-state index contributed by atoms with van der Waals surface area (Å²) in [6.45, 7) is 3.62. The summed E-state index contributed by atoms with van der Waals surface area (Å²) >= 11 is 1.80. The van der Waals surface area contributed by atoms with Crippen molar-refractivity contribution >= 4 is 17.2 Å². The zero-order chi connectivity index (χ0) is 16.3. The van der Waals surface area contributed by atoms with Gasteiger partial charge in [-0.1, -0.05) is 0 Å². The van der Waals surface area contributed by atoms with Crippen LogP contribution in [0.3, 0.4) is 0 Å². The third kappa shape index (κ3) is 4.36. The standard InChI is InChI=1S/C19H30N2OS/c1-20(2)18(22)13-16-3-6-19(7-4-16)8-10-21(11-9-19)14-17-5-12-23-15-17/h5,12,15-16H,3-4,6-11,13-14H2,1-2H3. The van der Waals surface area contributed by atoms with Crippen molar-refractivity contribution in [1.82, 2.24) is 9.80 Å². The second-order valence-corrected chi connectivity index (χ2v) is 8.62. The highest BCUT2D eigenvalue weighted by Gasteiger charge is 2.38. The number of thiophene rings is 1. The Morgan fingerprint density at radius 3 is 2.52 bits per heavy atom. The van der Waals surface area contributed by atoms with Gasteiger partial charge < -0.3 is 4.90 Å². The molecule has 23 heavy (non-hydrogen) atoms. The Kier molecular flexibility index (Phi) is 5.42. The molecule has 3 nitrogen and oxygen atoms in total. The van der Waals surface area contributed by atoms with Crippen molar-refractivity contribution in [2.24, 2.45) is 11.3 Å². The maximum atomic E-state index is 11.9. The lowest BCUT2D eigenvalue weighted by Gasteiger charge is -2.46. The molecule has 3 rings (SSSR count). The Labute approximate surface area is 144 Å². The monoisotopic (exact) mass is 334 g/mol. The molecule has 128 valence electrons. The van der Waals surface area contributed by atoms with Gasteiger partial charge in [-0.2, -0.15) is 11.3 Å². The Hall–Kier alpha value is -0.870. The van der Waals surface area contributed by atoms with Crippen LogP contribution in [0.4, 0.5) is 0 Å².